The fourth-order valence-electron chi connectivity index (χ4n) is 2.22. The van der Waals surface area contributed by atoms with Crippen molar-refractivity contribution in [3.05, 3.63) is 23.6 Å². The van der Waals surface area contributed by atoms with E-state index in [-0.39, 0.29) is 0 Å². The highest BCUT2D eigenvalue weighted by Gasteiger charge is 2.40. The molecule has 0 spiro atoms. The number of hydrogen-bond acceptors (Lipinski definition) is 4. The van der Waals surface area contributed by atoms with Crippen LogP contribution < -0.4 is 0 Å². The average Bonchev–Trinajstić information content (AvgIpc) is 2.57. The maximum Gasteiger partial charge on any atom is 0.364 e. The lowest BCUT2D eigenvalue weighted by Crippen LogP contribution is -2.44. The van der Waals surface area contributed by atoms with Gasteiger partial charge in [-0.25, -0.2) is 0 Å². The minimum atomic E-state index is -2.31. The molecule has 0 aromatic carbocycles. The van der Waals surface area contributed by atoms with E-state index in [0.29, 0.717) is 0 Å². The maximum absolute atomic E-state index is 5.76. The first-order valence-electron chi connectivity index (χ1n) is 8.13. The van der Waals surface area contributed by atoms with Crippen molar-refractivity contribution in [3.63, 3.8) is 0 Å². The largest absolute Gasteiger partial charge is 0.395 e. The highest BCUT2D eigenvalue weighted by atomic mass is 28.4. The summed E-state index contributed by atoms with van der Waals surface area (Å²) in [6.45, 7) is 4.33. The van der Waals surface area contributed by atoms with Crippen molar-refractivity contribution in [2.24, 2.45) is 0 Å². The van der Waals surface area contributed by atoms with E-state index in [1.54, 1.807) is 28.4 Å². The van der Waals surface area contributed by atoms with Gasteiger partial charge in [-0.2, -0.15) is 0 Å². The van der Waals surface area contributed by atoms with Crippen molar-refractivity contribution in [2.75, 3.05) is 28.4 Å². The number of hydrogen-bond donors (Lipinski definition) is 0. The monoisotopic (exact) mass is 346 g/mol. The SMILES string of the molecule is CCCC=C[Si](CC[Si](C=CCCC)(OC)OC)(OC)OC. The van der Waals surface area contributed by atoms with Crippen molar-refractivity contribution in [3.8, 4) is 0 Å². The molecule has 0 bridgehead atoms. The van der Waals surface area contributed by atoms with Crippen LogP contribution in [0.3, 0.4) is 0 Å². The molecular formula is C16H34O4Si2. The topological polar surface area (TPSA) is 36.9 Å². The molecule has 0 saturated heterocycles. The molecule has 130 valence electrons. The Kier molecular flexibility index (Phi) is 12.1. The molecule has 0 aromatic heterocycles. The molecule has 0 aliphatic rings. The predicted molar refractivity (Wildman–Crippen MR) is 97.3 cm³/mol. The van der Waals surface area contributed by atoms with Crippen LogP contribution in [0.15, 0.2) is 23.6 Å². The van der Waals surface area contributed by atoms with E-state index < -0.39 is 17.1 Å². The molecule has 0 aliphatic heterocycles. The minimum absolute atomic E-state index is 0.838. The van der Waals surface area contributed by atoms with Crippen molar-refractivity contribution < 1.29 is 17.7 Å². The van der Waals surface area contributed by atoms with Gasteiger partial charge in [0.1, 0.15) is 0 Å². The van der Waals surface area contributed by atoms with Crippen LogP contribution >= 0.6 is 0 Å². The Morgan fingerprint density at radius 3 is 1.18 bits per heavy atom. The molecule has 0 N–H and O–H groups in total. The van der Waals surface area contributed by atoms with E-state index in [4.69, 9.17) is 17.7 Å². The molecular weight excluding hydrogens is 312 g/mol. The van der Waals surface area contributed by atoms with E-state index in [1.165, 1.54) is 0 Å². The molecule has 0 heterocycles. The molecule has 0 radical (unpaired) electrons. The highest BCUT2D eigenvalue weighted by Crippen LogP contribution is 2.25. The first-order valence-corrected chi connectivity index (χ1v) is 12.3. The fraction of sp³-hybridized carbons (Fsp3) is 0.750. The Bertz CT molecular complexity index is 292. The van der Waals surface area contributed by atoms with Crippen LogP contribution in [0, 0.1) is 0 Å². The summed E-state index contributed by atoms with van der Waals surface area (Å²) in [6, 6.07) is 1.68. The number of allylic oxidation sites excluding steroid dienone is 2. The van der Waals surface area contributed by atoms with Crippen LogP contribution in [0.5, 0.6) is 0 Å². The first kappa shape index (κ1) is 21.8. The summed E-state index contributed by atoms with van der Waals surface area (Å²) < 4.78 is 23.0. The van der Waals surface area contributed by atoms with E-state index in [2.05, 4.69) is 37.4 Å². The smallest absolute Gasteiger partial charge is 0.364 e. The summed E-state index contributed by atoms with van der Waals surface area (Å²) in [5.74, 6) is 0. The van der Waals surface area contributed by atoms with Crippen molar-refractivity contribution in [1.82, 2.24) is 0 Å². The van der Waals surface area contributed by atoms with Crippen LogP contribution in [0.25, 0.3) is 0 Å². The standard InChI is InChI=1S/C16H34O4Si2/c1-7-9-11-13-21(17-3,18-4)15-16-22(19-5,20-6)14-12-10-8-2/h11-14H,7-10,15-16H2,1-6H3. The van der Waals surface area contributed by atoms with Gasteiger partial charge in [0.15, 0.2) is 0 Å². The predicted octanol–water partition coefficient (Wildman–Crippen LogP) is 4.25. The third-order valence-electron chi connectivity index (χ3n) is 3.86. The lowest BCUT2D eigenvalue weighted by Gasteiger charge is -2.29. The zero-order valence-electron chi connectivity index (χ0n) is 15.2. The van der Waals surface area contributed by atoms with Gasteiger partial charge in [0.2, 0.25) is 0 Å². The Hall–Kier alpha value is -0.246. The van der Waals surface area contributed by atoms with Gasteiger partial charge in [0.05, 0.1) is 0 Å². The summed E-state index contributed by atoms with van der Waals surface area (Å²) in [4.78, 5) is 0. The van der Waals surface area contributed by atoms with Gasteiger partial charge in [-0.15, -0.1) is 0 Å². The average molecular weight is 347 g/mol. The Balaban J connectivity index is 4.96. The molecule has 6 heteroatoms. The molecule has 0 rings (SSSR count). The Morgan fingerprint density at radius 1 is 0.636 bits per heavy atom. The van der Waals surface area contributed by atoms with Gasteiger partial charge < -0.3 is 17.7 Å². The van der Waals surface area contributed by atoms with E-state index in [0.717, 1.165) is 37.8 Å². The minimum Gasteiger partial charge on any atom is -0.395 e. The second kappa shape index (κ2) is 12.2. The van der Waals surface area contributed by atoms with E-state index in [9.17, 15) is 0 Å². The van der Waals surface area contributed by atoms with Crippen LogP contribution in [0.2, 0.25) is 12.1 Å². The van der Waals surface area contributed by atoms with Gasteiger partial charge in [0, 0.05) is 28.4 Å². The van der Waals surface area contributed by atoms with Gasteiger partial charge >= 0.3 is 17.1 Å². The van der Waals surface area contributed by atoms with Crippen LogP contribution in [-0.4, -0.2) is 45.6 Å². The molecule has 0 aliphatic carbocycles. The molecule has 0 saturated carbocycles. The molecule has 0 aromatic rings. The first-order chi connectivity index (χ1) is 10.6. The van der Waals surface area contributed by atoms with Crippen LogP contribution in [0.4, 0.5) is 0 Å². The van der Waals surface area contributed by atoms with Gasteiger partial charge in [-0.05, 0) is 36.3 Å². The zero-order valence-corrected chi connectivity index (χ0v) is 17.2. The lowest BCUT2D eigenvalue weighted by molar-refractivity contribution is 0.243. The maximum atomic E-state index is 5.76. The van der Waals surface area contributed by atoms with E-state index in [1.807, 2.05) is 0 Å². The second-order valence-electron chi connectivity index (χ2n) is 5.32. The molecule has 4 nitrogen and oxygen atoms in total. The molecule has 0 unspecified atom stereocenters. The summed E-state index contributed by atoms with van der Waals surface area (Å²) in [5, 5.41) is 0. The summed E-state index contributed by atoms with van der Waals surface area (Å²) >= 11 is 0. The number of unbranched alkanes of at least 4 members (excludes halogenated alkanes) is 2. The quantitative estimate of drug-likeness (QED) is 0.467. The van der Waals surface area contributed by atoms with Crippen LogP contribution in [-0.2, 0) is 17.7 Å². The van der Waals surface area contributed by atoms with Crippen molar-refractivity contribution in [1.29, 1.82) is 0 Å². The zero-order chi connectivity index (χ0) is 16.9. The van der Waals surface area contributed by atoms with Gasteiger partial charge in [-0.3, -0.25) is 0 Å². The van der Waals surface area contributed by atoms with Gasteiger partial charge in [-0.1, -0.05) is 38.8 Å². The lowest BCUT2D eigenvalue weighted by atomic mass is 10.3. The summed E-state index contributed by atoms with van der Waals surface area (Å²) in [5.41, 5.74) is 4.30. The molecule has 22 heavy (non-hydrogen) atoms. The van der Waals surface area contributed by atoms with Crippen molar-refractivity contribution >= 4 is 17.1 Å². The Morgan fingerprint density at radius 2 is 0.955 bits per heavy atom. The normalized spacial score (nSPS) is 13.5. The van der Waals surface area contributed by atoms with Crippen molar-refractivity contribution in [2.45, 2.75) is 51.6 Å². The van der Waals surface area contributed by atoms with Gasteiger partial charge in [0.25, 0.3) is 0 Å². The second-order valence-corrected chi connectivity index (χ2v) is 11.9. The highest BCUT2D eigenvalue weighted by molar-refractivity contribution is 6.78. The third-order valence-corrected chi connectivity index (χ3v) is 10.5. The van der Waals surface area contributed by atoms with E-state index >= 15 is 0 Å². The number of rotatable bonds is 13. The third kappa shape index (κ3) is 7.35. The van der Waals surface area contributed by atoms with Crippen LogP contribution in [0.1, 0.15) is 39.5 Å². The molecule has 0 atom stereocenters. The summed E-state index contributed by atoms with van der Waals surface area (Å²) in [6.07, 6.45) is 8.71. The molecule has 0 fully saturated rings. The summed E-state index contributed by atoms with van der Waals surface area (Å²) in [7, 11) is 2.33. The Labute approximate surface area is 139 Å². The fourth-order valence-corrected chi connectivity index (χ4v) is 8.09. The molecule has 0 amide bonds.